The number of ether oxygens (including phenoxy) is 2. The molecular weight excluding hydrogens is 629 g/mol. The number of aryl methyl sites for hydroxylation is 1. The highest BCUT2D eigenvalue weighted by Gasteiger charge is 2.35. The summed E-state index contributed by atoms with van der Waals surface area (Å²) in [7, 11) is 1.47. The molecule has 3 N–H and O–H groups in total. The first kappa shape index (κ1) is 28.6. The first-order chi connectivity index (χ1) is 19.2. The highest BCUT2D eigenvalue weighted by molar-refractivity contribution is 14.1. The Kier molecular flexibility index (Phi) is 9.04. The number of aromatic carboxylic acids is 1. The van der Waals surface area contributed by atoms with Gasteiger partial charge in [0.1, 0.15) is 18.8 Å². The van der Waals surface area contributed by atoms with Crippen LogP contribution in [0.25, 0.3) is 6.08 Å². The van der Waals surface area contributed by atoms with Crippen molar-refractivity contribution in [3.8, 4) is 11.5 Å². The molecule has 0 bridgehead atoms. The smallest absolute Gasteiger partial charge is 0.335 e. The summed E-state index contributed by atoms with van der Waals surface area (Å²) in [4.78, 5) is 50.2. The van der Waals surface area contributed by atoms with Gasteiger partial charge in [-0.05, 0) is 82.1 Å². The number of imide groups is 1. The summed E-state index contributed by atoms with van der Waals surface area (Å²) in [6.07, 6.45) is 2.21. The van der Waals surface area contributed by atoms with E-state index in [0.717, 1.165) is 16.9 Å². The van der Waals surface area contributed by atoms with Crippen molar-refractivity contribution in [1.29, 1.82) is 0 Å². The van der Waals surface area contributed by atoms with Gasteiger partial charge in [0.15, 0.2) is 11.5 Å². The fraction of sp³-hybridized carbons (Fsp3) is 0.172. The van der Waals surface area contributed by atoms with Crippen LogP contribution in [-0.2, 0) is 22.6 Å². The molecule has 0 atom stereocenters. The third-order valence-corrected chi connectivity index (χ3v) is 6.86. The van der Waals surface area contributed by atoms with Crippen molar-refractivity contribution in [2.75, 3.05) is 19.0 Å². The fourth-order valence-electron chi connectivity index (χ4n) is 4.08. The van der Waals surface area contributed by atoms with E-state index in [1.807, 2.05) is 19.1 Å². The molecule has 1 heterocycles. The highest BCUT2D eigenvalue weighted by atomic mass is 127. The number of hydrogen-bond donors (Lipinski definition) is 3. The Morgan fingerprint density at radius 1 is 1.10 bits per heavy atom. The van der Waals surface area contributed by atoms with Crippen LogP contribution in [0, 0.1) is 3.57 Å². The molecule has 1 fully saturated rings. The van der Waals surface area contributed by atoms with Crippen molar-refractivity contribution < 1.29 is 33.8 Å². The van der Waals surface area contributed by atoms with E-state index in [2.05, 4.69) is 33.2 Å². The maximum absolute atomic E-state index is 13.0. The predicted octanol–water partition coefficient (Wildman–Crippen LogP) is 4.67. The lowest BCUT2D eigenvalue weighted by Crippen LogP contribution is -2.38. The number of urea groups is 1. The lowest BCUT2D eigenvalue weighted by molar-refractivity contribution is -0.127. The molecule has 0 saturated carbocycles. The van der Waals surface area contributed by atoms with Gasteiger partial charge < -0.3 is 25.2 Å². The van der Waals surface area contributed by atoms with Crippen LogP contribution in [-0.4, -0.2) is 47.5 Å². The molecule has 4 amide bonds. The zero-order valence-electron chi connectivity index (χ0n) is 21.7. The average Bonchev–Trinajstić information content (AvgIpc) is 3.19. The lowest BCUT2D eigenvalue weighted by Gasteiger charge is -2.14. The molecule has 1 aliphatic heterocycles. The molecule has 3 aromatic rings. The summed E-state index contributed by atoms with van der Waals surface area (Å²) in [5.41, 5.74) is 2.99. The molecule has 0 spiro atoms. The summed E-state index contributed by atoms with van der Waals surface area (Å²) >= 11 is 2.06. The van der Waals surface area contributed by atoms with Crippen molar-refractivity contribution in [3.05, 3.63) is 92.2 Å². The van der Waals surface area contributed by atoms with Gasteiger partial charge in [-0.3, -0.25) is 9.59 Å². The topological polar surface area (TPSA) is 134 Å². The molecule has 0 radical (unpaired) electrons. The number of carboxylic acids is 1. The molecular formula is C29H26IN3O7. The zero-order valence-corrected chi connectivity index (χ0v) is 23.9. The van der Waals surface area contributed by atoms with E-state index >= 15 is 0 Å². The summed E-state index contributed by atoms with van der Waals surface area (Å²) in [5.74, 6) is -1.32. The second-order valence-corrected chi connectivity index (χ2v) is 9.93. The van der Waals surface area contributed by atoms with Crippen LogP contribution < -0.4 is 20.1 Å². The van der Waals surface area contributed by atoms with E-state index in [1.165, 1.54) is 25.3 Å². The largest absolute Gasteiger partial charge is 0.493 e. The Bertz CT molecular complexity index is 1520. The van der Waals surface area contributed by atoms with E-state index in [1.54, 1.807) is 36.4 Å². The molecule has 0 aliphatic carbocycles. The standard InChI is InChI=1S/C29H26IN3O7/c1-3-19-8-4-5-10-22(19)31-25(34)15-33-27(35)23(32-29(33)38)13-18-12-21(30)26(24(14-18)39-2)40-16-17-7-6-9-20(11-17)28(36)37/h4-14H,3,15-16H2,1-2H3,(H,31,34)(H,32,38)(H,36,37)/b23-13+. The Labute approximate surface area is 244 Å². The number of para-hydroxylation sites is 1. The van der Waals surface area contributed by atoms with Crippen LogP contribution >= 0.6 is 22.6 Å². The summed E-state index contributed by atoms with van der Waals surface area (Å²) < 4.78 is 12.1. The zero-order chi connectivity index (χ0) is 28.8. The van der Waals surface area contributed by atoms with Crippen LogP contribution in [0.1, 0.15) is 34.0 Å². The van der Waals surface area contributed by atoms with Gasteiger partial charge >= 0.3 is 12.0 Å². The van der Waals surface area contributed by atoms with Crippen molar-refractivity contribution in [3.63, 3.8) is 0 Å². The van der Waals surface area contributed by atoms with Gasteiger partial charge in [-0.1, -0.05) is 37.3 Å². The van der Waals surface area contributed by atoms with Gasteiger partial charge in [-0.25, -0.2) is 14.5 Å². The minimum atomic E-state index is -1.03. The SMILES string of the molecule is CCc1ccccc1NC(=O)CN1C(=O)N/C(=C/c2cc(I)c(OCc3cccc(C(=O)O)c3)c(OC)c2)C1=O. The van der Waals surface area contributed by atoms with E-state index < -0.39 is 30.4 Å². The molecule has 206 valence electrons. The Morgan fingerprint density at radius 2 is 1.88 bits per heavy atom. The van der Waals surface area contributed by atoms with E-state index in [0.29, 0.717) is 31.9 Å². The maximum atomic E-state index is 13.0. The Morgan fingerprint density at radius 3 is 2.60 bits per heavy atom. The number of carbonyl (C=O) groups is 4. The number of carbonyl (C=O) groups excluding carboxylic acids is 3. The number of nitrogens with one attached hydrogen (secondary N) is 2. The normalized spacial score (nSPS) is 13.8. The summed E-state index contributed by atoms with van der Waals surface area (Å²) in [5, 5.41) is 14.5. The number of nitrogens with zero attached hydrogens (tertiary/aromatic N) is 1. The number of hydrogen-bond acceptors (Lipinski definition) is 6. The number of halogens is 1. The number of carboxylic acid groups (broad SMARTS) is 1. The first-order valence-electron chi connectivity index (χ1n) is 12.2. The third kappa shape index (κ3) is 6.60. The van der Waals surface area contributed by atoms with Crippen LogP contribution in [0.4, 0.5) is 10.5 Å². The van der Waals surface area contributed by atoms with Crippen molar-refractivity contribution in [1.82, 2.24) is 10.2 Å². The second kappa shape index (κ2) is 12.6. The monoisotopic (exact) mass is 655 g/mol. The Hall–Kier alpha value is -4.39. The van der Waals surface area contributed by atoms with Crippen molar-refractivity contribution in [2.24, 2.45) is 0 Å². The first-order valence-corrected chi connectivity index (χ1v) is 13.3. The minimum absolute atomic E-state index is 0.0174. The van der Waals surface area contributed by atoms with Crippen LogP contribution in [0.15, 0.2) is 66.4 Å². The van der Waals surface area contributed by atoms with Gasteiger partial charge in [-0.2, -0.15) is 0 Å². The van der Waals surface area contributed by atoms with Crippen molar-refractivity contribution in [2.45, 2.75) is 20.0 Å². The lowest BCUT2D eigenvalue weighted by atomic mass is 10.1. The summed E-state index contributed by atoms with van der Waals surface area (Å²) in [6.45, 7) is 1.65. The molecule has 1 aliphatic rings. The third-order valence-electron chi connectivity index (χ3n) is 6.06. The van der Waals surface area contributed by atoms with Crippen LogP contribution in [0.2, 0.25) is 0 Å². The molecule has 1 saturated heterocycles. The summed E-state index contributed by atoms with van der Waals surface area (Å²) in [6, 6.07) is 16.5. The van der Waals surface area contributed by atoms with Gasteiger partial charge in [0, 0.05) is 5.69 Å². The molecule has 0 unspecified atom stereocenters. The molecule has 3 aromatic carbocycles. The number of amides is 4. The van der Waals surface area contributed by atoms with E-state index in [-0.39, 0.29) is 17.9 Å². The quantitative estimate of drug-likeness (QED) is 0.164. The predicted molar refractivity (Wildman–Crippen MR) is 156 cm³/mol. The molecule has 40 heavy (non-hydrogen) atoms. The van der Waals surface area contributed by atoms with Crippen LogP contribution in [0.5, 0.6) is 11.5 Å². The number of benzene rings is 3. The Balaban J connectivity index is 1.47. The van der Waals surface area contributed by atoms with Gasteiger partial charge in [-0.15, -0.1) is 0 Å². The van der Waals surface area contributed by atoms with Crippen molar-refractivity contribution >= 4 is 58.2 Å². The van der Waals surface area contributed by atoms with E-state index in [4.69, 9.17) is 9.47 Å². The maximum Gasteiger partial charge on any atom is 0.335 e. The molecule has 0 aromatic heterocycles. The highest BCUT2D eigenvalue weighted by Crippen LogP contribution is 2.35. The number of anilines is 1. The second-order valence-electron chi connectivity index (χ2n) is 8.77. The van der Waals surface area contributed by atoms with Gasteiger partial charge in [0.2, 0.25) is 5.91 Å². The number of methoxy groups -OCH3 is 1. The van der Waals surface area contributed by atoms with Gasteiger partial charge in [0.05, 0.1) is 16.2 Å². The number of rotatable bonds is 10. The van der Waals surface area contributed by atoms with Crippen LogP contribution in [0.3, 0.4) is 0 Å². The van der Waals surface area contributed by atoms with Gasteiger partial charge in [0.25, 0.3) is 5.91 Å². The minimum Gasteiger partial charge on any atom is -0.493 e. The molecule has 4 rings (SSSR count). The fourth-order valence-corrected chi connectivity index (χ4v) is 4.86. The molecule has 11 heteroatoms. The average molecular weight is 655 g/mol. The van der Waals surface area contributed by atoms with E-state index in [9.17, 15) is 24.3 Å². The molecule has 10 nitrogen and oxygen atoms in total.